The van der Waals surface area contributed by atoms with E-state index in [2.05, 4.69) is 19.2 Å². The number of nitrogens with one attached hydrogen (secondary N) is 1. The molecule has 19 heavy (non-hydrogen) atoms. The quantitative estimate of drug-likeness (QED) is 0.646. The van der Waals surface area contributed by atoms with Gasteiger partial charge in [-0.05, 0) is 30.2 Å². The molecule has 0 aliphatic rings. The van der Waals surface area contributed by atoms with E-state index in [1.807, 2.05) is 18.2 Å². The summed E-state index contributed by atoms with van der Waals surface area (Å²) in [7, 11) is 0. The Kier molecular flexibility index (Phi) is 7.80. The average Bonchev–Trinajstić information content (AvgIpc) is 2.37. The molecule has 0 bridgehead atoms. The minimum Gasteiger partial charge on any atom is -0.394 e. The second kappa shape index (κ2) is 8.82. The van der Waals surface area contributed by atoms with Gasteiger partial charge in [0.05, 0.1) is 17.7 Å². The molecule has 3 N–H and O–H groups in total. The second-order valence-electron chi connectivity index (χ2n) is 4.94. The average molecular weight is 304 g/mol. The van der Waals surface area contributed by atoms with Crippen LogP contribution in [-0.2, 0) is 6.54 Å². The van der Waals surface area contributed by atoms with Crippen LogP contribution in [0.5, 0.6) is 0 Å². The van der Waals surface area contributed by atoms with Crippen molar-refractivity contribution in [1.82, 2.24) is 5.32 Å². The molecule has 1 aromatic carbocycles. The van der Waals surface area contributed by atoms with Crippen molar-refractivity contribution in [1.29, 1.82) is 0 Å². The van der Waals surface area contributed by atoms with Crippen LogP contribution in [0.25, 0.3) is 0 Å². The van der Waals surface area contributed by atoms with E-state index in [0.717, 1.165) is 23.5 Å². The van der Waals surface area contributed by atoms with Crippen LogP contribution in [0.4, 0.5) is 0 Å². The number of thioether (sulfide) groups is 1. The van der Waals surface area contributed by atoms with E-state index in [-0.39, 0.29) is 6.61 Å². The molecule has 1 atom stereocenters. The van der Waals surface area contributed by atoms with Crippen molar-refractivity contribution < 1.29 is 10.2 Å². The summed E-state index contributed by atoms with van der Waals surface area (Å²) in [5.41, 5.74) is 1.15. The standard InChI is InChI=1S/C14H22ClNO2S/c1-10(2)6-16-7-11-3-4-14(13(15)5-11)19-9-12(18)8-17/h3-5,10,12,16-18H,6-9H2,1-2H3. The highest BCUT2D eigenvalue weighted by molar-refractivity contribution is 7.99. The molecule has 0 saturated heterocycles. The zero-order chi connectivity index (χ0) is 14.3. The number of benzene rings is 1. The summed E-state index contributed by atoms with van der Waals surface area (Å²) in [5, 5.41) is 22.1. The number of aliphatic hydroxyl groups excluding tert-OH is 2. The zero-order valence-corrected chi connectivity index (χ0v) is 13.0. The van der Waals surface area contributed by atoms with Gasteiger partial charge in [0.2, 0.25) is 0 Å². The van der Waals surface area contributed by atoms with Crippen molar-refractivity contribution in [3.05, 3.63) is 28.8 Å². The molecule has 0 aromatic heterocycles. The predicted octanol–water partition coefficient (Wildman–Crippen LogP) is 2.53. The molecular weight excluding hydrogens is 282 g/mol. The molecular formula is C14H22ClNO2S. The summed E-state index contributed by atoms with van der Waals surface area (Å²) < 4.78 is 0. The van der Waals surface area contributed by atoms with Crippen LogP contribution in [0.1, 0.15) is 19.4 Å². The number of hydrogen-bond donors (Lipinski definition) is 3. The first-order valence-electron chi connectivity index (χ1n) is 6.43. The highest BCUT2D eigenvalue weighted by Gasteiger charge is 2.07. The topological polar surface area (TPSA) is 52.5 Å². The minimum atomic E-state index is -0.701. The lowest BCUT2D eigenvalue weighted by atomic mass is 10.2. The highest BCUT2D eigenvalue weighted by Crippen LogP contribution is 2.28. The molecule has 0 amide bonds. The van der Waals surface area contributed by atoms with Crippen LogP contribution in [0, 0.1) is 5.92 Å². The van der Waals surface area contributed by atoms with Crippen LogP contribution < -0.4 is 5.32 Å². The second-order valence-corrected chi connectivity index (χ2v) is 6.41. The number of rotatable bonds is 8. The van der Waals surface area contributed by atoms with Crippen LogP contribution in [-0.4, -0.2) is 35.2 Å². The fraction of sp³-hybridized carbons (Fsp3) is 0.571. The van der Waals surface area contributed by atoms with Gasteiger partial charge < -0.3 is 15.5 Å². The Hall–Kier alpha value is -0.260. The number of hydrogen-bond acceptors (Lipinski definition) is 4. The molecule has 0 aliphatic carbocycles. The molecule has 108 valence electrons. The van der Waals surface area contributed by atoms with Crippen LogP contribution in [0.2, 0.25) is 5.02 Å². The van der Waals surface area contributed by atoms with Gasteiger partial charge in [0.25, 0.3) is 0 Å². The molecule has 0 spiro atoms. The summed E-state index contributed by atoms with van der Waals surface area (Å²) >= 11 is 7.66. The van der Waals surface area contributed by atoms with E-state index < -0.39 is 6.10 Å². The van der Waals surface area contributed by atoms with Gasteiger partial charge in [-0.3, -0.25) is 0 Å². The maximum Gasteiger partial charge on any atom is 0.0864 e. The summed E-state index contributed by atoms with van der Waals surface area (Å²) in [6.45, 7) is 5.92. The first-order valence-corrected chi connectivity index (χ1v) is 7.80. The monoisotopic (exact) mass is 303 g/mol. The van der Waals surface area contributed by atoms with Crippen molar-refractivity contribution in [2.75, 3.05) is 18.9 Å². The lowest BCUT2D eigenvalue weighted by Crippen LogP contribution is -2.18. The van der Waals surface area contributed by atoms with Gasteiger partial charge >= 0.3 is 0 Å². The maximum absolute atomic E-state index is 9.31. The van der Waals surface area contributed by atoms with E-state index in [4.69, 9.17) is 16.7 Å². The molecule has 0 radical (unpaired) electrons. The molecule has 0 saturated carbocycles. The third-order valence-electron chi connectivity index (χ3n) is 2.52. The van der Waals surface area contributed by atoms with Crippen LogP contribution in [0.3, 0.4) is 0 Å². The highest BCUT2D eigenvalue weighted by atomic mass is 35.5. The van der Waals surface area contributed by atoms with Gasteiger partial charge in [0.15, 0.2) is 0 Å². The molecule has 3 nitrogen and oxygen atoms in total. The third-order valence-corrected chi connectivity index (χ3v) is 4.16. The molecule has 1 aromatic rings. The number of aliphatic hydroxyl groups is 2. The summed E-state index contributed by atoms with van der Waals surface area (Å²) in [6.07, 6.45) is -0.701. The van der Waals surface area contributed by atoms with Crippen molar-refractivity contribution in [3.8, 4) is 0 Å². The van der Waals surface area contributed by atoms with Crippen molar-refractivity contribution >= 4 is 23.4 Å². The van der Waals surface area contributed by atoms with E-state index in [1.54, 1.807) is 0 Å². The summed E-state index contributed by atoms with van der Waals surface area (Å²) in [6, 6.07) is 5.94. The Bertz CT molecular complexity index is 388. The Morgan fingerprint density at radius 1 is 1.37 bits per heavy atom. The van der Waals surface area contributed by atoms with E-state index in [9.17, 15) is 5.11 Å². The van der Waals surface area contributed by atoms with Gasteiger partial charge in [-0.15, -0.1) is 11.8 Å². The molecule has 0 heterocycles. The minimum absolute atomic E-state index is 0.220. The smallest absolute Gasteiger partial charge is 0.0864 e. The van der Waals surface area contributed by atoms with Crippen molar-refractivity contribution in [2.45, 2.75) is 31.4 Å². The van der Waals surface area contributed by atoms with E-state index in [1.165, 1.54) is 11.8 Å². The maximum atomic E-state index is 9.31. The lowest BCUT2D eigenvalue weighted by molar-refractivity contribution is 0.113. The predicted molar refractivity (Wildman–Crippen MR) is 81.8 cm³/mol. The SMILES string of the molecule is CC(C)CNCc1ccc(SCC(O)CO)c(Cl)c1. The lowest BCUT2D eigenvalue weighted by Gasteiger charge is -2.11. The largest absolute Gasteiger partial charge is 0.394 e. The van der Waals surface area contributed by atoms with Gasteiger partial charge in [-0.2, -0.15) is 0 Å². The summed E-state index contributed by atoms with van der Waals surface area (Å²) in [5.74, 6) is 1.08. The Balaban J connectivity index is 2.49. The fourth-order valence-electron chi connectivity index (χ4n) is 1.52. The first-order chi connectivity index (χ1) is 9.02. The molecule has 0 aliphatic heterocycles. The van der Waals surface area contributed by atoms with Gasteiger partial charge in [0.1, 0.15) is 0 Å². The molecule has 0 fully saturated rings. The van der Waals surface area contributed by atoms with Gasteiger partial charge in [-0.25, -0.2) is 0 Å². The van der Waals surface area contributed by atoms with Gasteiger partial charge in [0, 0.05) is 17.2 Å². The fourth-order valence-corrected chi connectivity index (χ4v) is 2.72. The first kappa shape index (κ1) is 16.8. The number of halogens is 1. The Morgan fingerprint density at radius 2 is 2.11 bits per heavy atom. The molecule has 1 unspecified atom stereocenters. The molecule has 5 heteroatoms. The summed E-state index contributed by atoms with van der Waals surface area (Å²) in [4.78, 5) is 0.932. The van der Waals surface area contributed by atoms with E-state index in [0.29, 0.717) is 16.7 Å². The zero-order valence-electron chi connectivity index (χ0n) is 11.4. The molecule has 1 rings (SSSR count). The van der Waals surface area contributed by atoms with Crippen LogP contribution in [0.15, 0.2) is 23.1 Å². The van der Waals surface area contributed by atoms with Crippen LogP contribution >= 0.6 is 23.4 Å². The Labute approximate surface area is 124 Å². The normalized spacial score (nSPS) is 12.9. The Morgan fingerprint density at radius 3 is 2.68 bits per heavy atom. The van der Waals surface area contributed by atoms with Crippen molar-refractivity contribution in [3.63, 3.8) is 0 Å². The van der Waals surface area contributed by atoms with E-state index >= 15 is 0 Å². The van der Waals surface area contributed by atoms with Gasteiger partial charge in [-0.1, -0.05) is 31.5 Å². The third kappa shape index (κ3) is 6.63. The van der Waals surface area contributed by atoms with Crippen molar-refractivity contribution in [2.24, 2.45) is 5.92 Å².